The third-order valence-corrected chi connectivity index (χ3v) is 2.12. The van der Waals surface area contributed by atoms with Gasteiger partial charge in [-0.2, -0.15) is 0 Å². The molecule has 0 aliphatic carbocycles. The summed E-state index contributed by atoms with van der Waals surface area (Å²) in [7, 11) is 0. The molecule has 0 radical (unpaired) electrons. The smallest absolute Gasteiger partial charge is 0.216 e. The summed E-state index contributed by atoms with van der Waals surface area (Å²) in [6, 6.07) is 0. The number of aliphatic hydroxyl groups is 1. The van der Waals surface area contributed by atoms with E-state index in [1.54, 1.807) is 0 Å². The summed E-state index contributed by atoms with van der Waals surface area (Å²) in [5, 5.41) is 11.2. The normalized spacial score (nSPS) is 12.4. The molecule has 1 amide bonds. The molecule has 0 aromatic heterocycles. The predicted octanol–water partition coefficient (Wildman–Crippen LogP) is 2.55. The fourth-order valence-electron chi connectivity index (χ4n) is 1.07. The van der Waals surface area contributed by atoms with Crippen LogP contribution >= 0.6 is 11.6 Å². The number of rotatable bonds is 4. The number of carbonyl (C=O) groups is 1. The van der Waals surface area contributed by atoms with Crippen LogP contribution in [0.3, 0.4) is 0 Å². The van der Waals surface area contributed by atoms with Gasteiger partial charge in [-0.15, -0.1) is 11.6 Å². The van der Waals surface area contributed by atoms with Gasteiger partial charge in [0.25, 0.3) is 0 Å². The highest BCUT2D eigenvalue weighted by Crippen LogP contribution is 2.19. The zero-order valence-corrected chi connectivity index (χ0v) is 11.9. The molecule has 1 atom stereocenters. The average Bonchev–Trinajstić information content (AvgIpc) is 2.13. The van der Waals surface area contributed by atoms with Crippen molar-refractivity contribution in [3.05, 3.63) is 0 Å². The van der Waals surface area contributed by atoms with E-state index in [2.05, 4.69) is 33.0 Å². The summed E-state index contributed by atoms with van der Waals surface area (Å²) >= 11 is 5.23. The van der Waals surface area contributed by atoms with Gasteiger partial charge < -0.3 is 10.4 Å². The van der Waals surface area contributed by atoms with Crippen LogP contribution in [0.25, 0.3) is 0 Å². The minimum absolute atomic E-state index is 0.153. The Bertz CT molecular complexity index is 178. The van der Waals surface area contributed by atoms with Crippen molar-refractivity contribution in [2.24, 2.45) is 5.41 Å². The van der Waals surface area contributed by atoms with Crippen LogP contribution in [0.5, 0.6) is 0 Å². The first-order valence-electron chi connectivity index (χ1n) is 5.71. The first-order chi connectivity index (χ1) is 7.22. The lowest BCUT2D eigenvalue weighted by atomic mass is 9.91. The Labute approximate surface area is 105 Å². The van der Waals surface area contributed by atoms with Gasteiger partial charge in [0.15, 0.2) is 0 Å². The van der Waals surface area contributed by atoms with E-state index in [1.165, 1.54) is 19.8 Å². The highest BCUT2D eigenvalue weighted by atomic mass is 35.5. The van der Waals surface area contributed by atoms with Crippen LogP contribution < -0.4 is 5.32 Å². The molecule has 0 aromatic carbocycles. The van der Waals surface area contributed by atoms with Crippen LogP contribution in [-0.2, 0) is 4.79 Å². The second-order valence-electron chi connectivity index (χ2n) is 5.06. The van der Waals surface area contributed by atoms with Crippen LogP contribution in [0.1, 0.15) is 47.5 Å². The molecular formula is C12H26ClNO2. The number of hydrogen-bond donors (Lipinski definition) is 2. The first kappa shape index (κ1) is 18.1. The van der Waals surface area contributed by atoms with Crippen molar-refractivity contribution in [3.8, 4) is 0 Å². The molecule has 0 fully saturated rings. The number of nitrogens with one attached hydrogen (secondary N) is 1. The molecular weight excluding hydrogens is 226 g/mol. The Hall–Kier alpha value is -0.280. The zero-order valence-electron chi connectivity index (χ0n) is 11.1. The lowest BCUT2D eigenvalue weighted by Crippen LogP contribution is -2.31. The van der Waals surface area contributed by atoms with Crippen molar-refractivity contribution < 1.29 is 9.90 Å². The van der Waals surface area contributed by atoms with Gasteiger partial charge in [0.05, 0.1) is 12.0 Å². The molecule has 0 spiro atoms. The summed E-state index contributed by atoms with van der Waals surface area (Å²) in [6.07, 6.45) is 2.02. The lowest BCUT2D eigenvalue weighted by Gasteiger charge is -2.15. The molecule has 0 rings (SSSR count). The summed E-state index contributed by atoms with van der Waals surface area (Å²) in [6.45, 7) is 10.7. The first-order valence-corrected chi connectivity index (χ1v) is 6.24. The summed E-state index contributed by atoms with van der Waals surface area (Å²) in [5.74, 6) is -0.000494. The SMILES string of the molecule is CC(=O)NCC(O)CCl.CCCC(C)(C)C. The van der Waals surface area contributed by atoms with E-state index < -0.39 is 6.10 Å². The van der Waals surface area contributed by atoms with Crippen molar-refractivity contribution >= 4 is 17.5 Å². The van der Waals surface area contributed by atoms with Crippen molar-refractivity contribution in [3.63, 3.8) is 0 Å². The van der Waals surface area contributed by atoms with Gasteiger partial charge in [0.1, 0.15) is 0 Å². The minimum atomic E-state index is -0.629. The van der Waals surface area contributed by atoms with E-state index in [0.29, 0.717) is 5.41 Å². The van der Waals surface area contributed by atoms with Crippen LogP contribution in [0, 0.1) is 5.41 Å². The quantitative estimate of drug-likeness (QED) is 0.755. The Morgan fingerprint density at radius 2 is 1.94 bits per heavy atom. The largest absolute Gasteiger partial charge is 0.390 e. The van der Waals surface area contributed by atoms with E-state index in [9.17, 15) is 4.79 Å². The molecule has 16 heavy (non-hydrogen) atoms. The maximum Gasteiger partial charge on any atom is 0.216 e. The molecule has 0 aliphatic rings. The van der Waals surface area contributed by atoms with Gasteiger partial charge >= 0.3 is 0 Å². The Morgan fingerprint density at radius 1 is 1.44 bits per heavy atom. The van der Waals surface area contributed by atoms with Crippen molar-refractivity contribution in [1.29, 1.82) is 0 Å². The molecule has 0 bridgehead atoms. The molecule has 4 heteroatoms. The molecule has 0 saturated heterocycles. The van der Waals surface area contributed by atoms with Gasteiger partial charge in [0, 0.05) is 13.5 Å². The topological polar surface area (TPSA) is 49.3 Å². The number of hydrogen-bond acceptors (Lipinski definition) is 2. The predicted molar refractivity (Wildman–Crippen MR) is 69.8 cm³/mol. The van der Waals surface area contributed by atoms with E-state index >= 15 is 0 Å². The molecule has 0 heterocycles. The Morgan fingerprint density at radius 3 is 2.12 bits per heavy atom. The number of amides is 1. The fraction of sp³-hybridized carbons (Fsp3) is 0.917. The van der Waals surface area contributed by atoms with E-state index in [0.717, 1.165) is 0 Å². The summed E-state index contributed by atoms with van der Waals surface area (Å²) in [4.78, 5) is 10.2. The average molecular weight is 252 g/mol. The highest BCUT2D eigenvalue weighted by molar-refractivity contribution is 6.18. The second kappa shape index (κ2) is 9.91. The minimum Gasteiger partial charge on any atom is -0.390 e. The zero-order chi connectivity index (χ0) is 13.2. The Balaban J connectivity index is 0. The van der Waals surface area contributed by atoms with Gasteiger partial charge in [0.2, 0.25) is 5.91 Å². The van der Waals surface area contributed by atoms with Crippen molar-refractivity contribution in [2.75, 3.05) is 12.4 Å². The van der Waals surface area contributed by atoms with Crippen LogP contribution in [0.4, 0.5) is 0 Å². The van der Waals surface area contributed by atoms with Gasteiger partial charge in [-0.1, -0.05) is 34.1 Å². The van der Waals surface area contributed by atoms with Crippen LogP contribution in [0.2, 0.25) is 0 Å². The molecule has 3 nitrogen and oxygen atoms in total. The monoisotopic (exact) mass is 251 g/mol. The van der Waals surface area contributed by atoms with Crippen molar-refractivity contribution in [2.45, 2.75) is 53.6 Å². The molecule has 1 unspecified atom stereocenters. The number of halogens is 1. The lowest BCUT2D eigenvalue weighted by molar-refractivity contribution is -0.119. The second-order valence-corrected chi connectivity index (χ2v) is 5.36. The molecule has 0 aromatic rings. The number of alkyl halides is 1. The number of carbonyl (C=O) groups excluding carboxylic acids is 1. The molecule has 0 saturated carbocycles. The van der Waals surface area contributed by atoms with Crippen molar-refractivity contribution in [1.82, 2.24) is 5.32 Å². The number of aliphatic hydroxyl groups excluding tert-OH is 1. The summed E-state index contributed by atoms with van der Waals surface area (Å²) < 4.78 is 0. The third-order valence-electron chi connectivity index (χ3n) is 1.76. The maximum absolute atomic E-state index is 10.2. The van der Waals surface area contributed by atoms with Gasteiger partial charge in [-0.05, 0) is 11.8 Å². The van der Waals surface area contributed by atoms with Gasteiger partial charge in [-0.3, -0.25) is 4.79 Å². The standard InChI is InChI=1S/C7H16.C5H10ClNO2/c1-5-6-7(2,3)4;1-4(8)7-3-5(9)2-6/h5-6H2,1-4H3;5,9H,2-3H2,1H3,(H,7,8). The molecule has 2 N–H and O–H groups in total. The van der Waals surface area contributed by atoms with Gasteiger partial charge in [-0.25, -0.2) is 0 Å². The van der Waals surface area contributed by atoms with Crippen LogP contribution in [0.15, 0.2) is 0 Å². The van der Waals surface area contributed by atoms with E-state index in [-0.39, 0.29) is 18.3 Å². The maximum atomic E-state index is 10.2. The summed E-state index contributed by atoms with van der Waals surface area (Å²) in [5.41, 5.74) is 0.550. The van der Waals surface area contributed by atoms with E-state index in [4.69, 9.17) is 16.7 Å². The van der Waals surface area contributed by atoms with E-state index in [1.807, 2.05) is 0 Å². The third kappa shape index (κ3) is 19.3. The molecule has 0 aliphatic heterocycles. The Kier molecular flexibility index (Phi) is 11.2. The highest BCUT2D eigenvalue weighted by Gasteiger charge is 2.06. The molecule has 98 valence electrons. The fourth-order valence-corrected chi connectivity index (χ4v) is 1.18. The van der Waals surface area contributed by atoms with Crippen LogP contribution in [-0.4, -0.2) is 29.5 Å².